The molecule has 5 heteroatoms. The van der Waals surface area contributed by atoms with E-state index in [2.05, 4.69) is 28.1 Å². The zero-order chi connectivity index (χ0) is 20.5. The number of rotatable bonds is 10. The van der Waals surface area contributed by atoms with Crippen molar-refractivity contribution in [2.24, 2.45) is 0 Å². The molecule has 0 radical (unpaired) electrons. The van der Waals surface area contributed by atoms with Crippen LogP contribution < -0.4 is 16.0 Å². The van der Waals surface area contributed by atoms with Crippen molar-refractivity contribution in [3.05, 3.63) is 71.3 Å². The summed E-state index contributed by atoms with van der Waals surface area (Å²) in [6.45, 7) is 4.27. The number of likely N-dealkylation sites (N-methyl/N-ethyl adjacent to an activating group) is 1. The van der Waals surface area contributed by atoms with E-state index in [0.29, 0.717) is 19.4 Å². The number of amides is 2. The Kier molecular flexibility index (Phi) is 7.82. The molecule has 5 nitrogen and oxygen atoms in total. The third-order valence-electron chi connectivity index (χ3n) is 5.42. The van der Waals surface area contributed by atoms with Crippen molar-refractivity contribution >= 4 is 11.8 Å². The van der Waals surface area contributed by atoms with E-state index in [-0.39, 0.29) is 23.8 Å². The second-order valence-electron chi connectivity index (χ2n) is 7.66. The molecule has 0 fully saturated rings. The minimum absolute atomic E-state index is 0.0112. The molecule has 0 aromatic heterocycles. The highest BCUT2D eigenvalue weighted by atomic mass is 16.2. The average Bonchev–Trinajstić information content (AvgIpc) is 3.13. The smallest absolute Gasteiger partial charge is 0.220 e. The molecule has 2 aromatic rings. The van der Waals surface area contributed by atoms with Crippen molar-refractivity contribution in [1.29, 1.82) is 0 Å². The fourth-order valence-electron chi connectivity index (χ4n) is 3.97. The van der Waals surface area contributed by atoms with E-state index in [1.807, 2.05) is 49.4 Å². The average molecular weight is 394 g/mol. The van der Waals surface area contributed by atoms with E-state index < -0.39 is 0 Å². The van der Waals surface area contributed by atoms with Crippen molar-refractivity contribution in [2.45, 2.75) is 44.6 Å². The van der Waals surface area contributed by atoms with E-state index in [1.54, 1.807) is 0 Å². The van der Waals surface area contributed by atoms with Gasteiger partial charge in [-0.05, 0) is 36.1 Å². The van der Waals surface area contributed by atoms with Crippen LogP contribution in [0.15, 0.2) is 54.6 Å². The highest BCUT2D eigenvalue weighted by Crippen LogP contribution is 2.25. The number of nitrogens with one attached hydrogen (secondary N) is 3. The molecule has 1 aliphatic carbocycles. The lowest BCUT2D eigenvalue weighted by Crippen LogP contribution is -2.37. The number of benzene rings is 2. The highest BCUT2D eigenvalue weighted by molar-refractivity contribution is 5.81. The van der Waals surface area contributed by atoms with Gasteiger partial charge in [-0.2, -0.15) is 0 Å². The highest BCUT2D eigenvalue weighted by Gasteiger charge is 2.25. The lowest BCUT2D eigenvalue weighted by Gasteiger charge is -2.19. The van der Waals surface area contributed by atoms with Crippen LogP contribution >= 0.6 is 0 Å². The number of fused-ring (bicyclic) bond motifs is 1. The van der Waals surface area contributed by atoms with Crippen molar-refractivity contribution in [3.63, 3.8) is 0 Å². The molecule has 0 saturated heterocycles. The maximum absolute atomic E-state index is 12.8. The Hall–Kier alpha value is -2.66. The van der Waals surface area contributed by atoms with E-state index in [0.717, 1.165) is 31.5 Å². The van der Waals surface area contributed by atoms with Gasteiger partial charge in [-0.25, -0.2) is 0 Å². The number of hydrogen-bond acceptors (Lipinski definition) is 3. The Morgan fingerprint density at radius 1 is 0.897 bits per heavy atom. The predicted molar refractivity (Wildman–Crippen MR) is 116 cm³/mol. The minimum Gasteiger partial charge on any atom is -0.355 e. The van der Waals surface area contributed by atoms with Gasteiger partial charge in [0.05, 0.1) is 0 Å². The summed E-state index contributed by atoms with van der Waals surface area (Å²) in [5, 5.41) is 9.31. The van der Waals surface area contributed by atoms with Crippen molar-refractivity contribution < 1.29 is 9.59 Å². The van der Waals surface area contributed by atoms with E-state index >= 15 is 0 Å². The summed E-state index contributed by atoms with van der Waals surface area (Å²) in [6.07, 6.45) is 2.39. The van der Waals surface area contributed by atoms with Crippen molar-refractivity contribution in [2.75, 3.05) is 19.6 Å². The summed E-state index contributed by atoms with van der Waals surface area (Å²) in [5.74, 6) is -0.131. The number of carbonyl (C=O) groups excluding carboxylic acids is 2. The quantitative estimate of drug-likeness (QED) is 0.544. The first-order chi connectivity index (χ1) is 14.2. The molecule has 2 aromatic carbocycles. The first kappa shape index (κ1) is 21.1. The topological polar surface area (TPSA) is 70.2 Å². The normalized spacial score (nSPS) is 14.2. The molecule has 29 heavy (non-hydrogen) atoms. The molecule has 3 rings (SSSR count). The first-order valence-corrected chi connectivity index (χ1v) is 10.5. The van der Waals surface area contributed by atoms with E-state index in [1.165, 1.54) is 11.1 Å². The molecule has 1 unspecified atom stereocenters. The summed E-state index contributed by atoms with van der Waals surface area (Å²) >= 11 is 0. The van der Waals surface area contributed by atoms with Crippen LogP contribution in [0.4, 0.5) is 0 Å². The van der Waals surface area contributed by atoms with E-state index in [9.17, 15) is 9.59 Å². The van der Waals surface area contributed by atoms with Gasteiger partial charge < -0.3 is 16.0 Å². The lowest BCUT2D eigenvalue weighted by molar-refractivity contribution is -0.123. The van der Waals surface area contributed by atoms with Gasteiger partial charge >= 0.3 is 0 Å². The Bertz CT molecular complexity index is 782. The third kappa shape index (κ3) is 6.43. The maximum Gasteiger partial charge on any atom is 0.220 e. The summed E-state index contributed by atoms with van der Waals surface area (Å²) in [7, 11) is 0. The van der Waals surface area contributed by atoms with Crippen LogP contribution in [0.3, 0.4) is 0 Å². The molecule has 0 spiro atoms. The first-order valence-electron chi connectivity index (χ1n) is 10.5. The predicted octanol–water partition coefficient (Wildman–Crippen LogP) is 2.56. The molecule has 1 atom stereocenters. The second-order valence-corrected chi connectivity index (χ2v) is 7.66. The fourth-order valence-corrected chi connectivity index (χ4v) is 3.97. The van der Waals surface area contributed by atoms with Gasteiger partial charge in [0, 0.05) is 37.9 Å². The van der Waals surface area contributed by atoms with Crippen molar-refractivity contribution in [3.8, 4) is 0 Å². The van der Waals surface area contributed by atoms with Crippen LogP contribution in [0.25, 0.3) is 0 Å². The molecule has 0 bridgehead atoms. The zero-order valence-electron chi connectivity index (χ0n) is 17.1. The Balaban J connectivity index is 1.55. The van der Waals surface area contributed by atoms with Gasteiger partial charge in [-0.1, -0.05) is 61.5 Å². The molecule has 3 N–H and O–H groups in total. The van der Waals surface area contributed by atoms with Crippen molar-refractivity contribution in [1.82, 2.24) is 16.0 Å². The van der Waals surface area contributed by atoms with Crippen LogP contribution in [0.5, 0.6) is 0 Å². The molecule has 1 aliphatic rings. The van der Waals surface area contributed by atoms with Crippen LogP contribution in [0.1, 0.15) is 42.4 Å². The molecule has 2 amide bonds. The van der Waals surface area contributed by atoms with Crippen LogP contribution in [0.2, 0.25) is 0 Å². The second kappa shape index (κ2) is 10.8. The summed E-state index contributed by atoms with van der Waals surface area (Å²) < 4.78 is 0. The maximum atomic E-state index is 12.8. The lowest BCUT2D eigenvalue weighted by atomic mass is 9.91. The number of hydrogen-bond donors (Lipinski definition) is 3. The van der Waals surface area contributed by atoms with Gasteiger partial charge in [-0.15, -0.1) is 0 Å². The molecule has 0 aliphatic heterocycles. The molecule has 0 saturated carbocycles. The molecular formula is C24H31N3O2. The monoisotopic (exact) mass is 393 g/mol. The van der Waals surface area contributed by atoms with Crippen LogP contribution in [0, 0.1) is 0 Å². The van der Waals surface area contributed by atoms with E-state index in [4.69, 9.17) is 0 Å². The van der Waals surface area contributed by atoms with Crippen LogP contribution in [-0.4, -0.2) is 37.5 Å². The zero-order valence-corrected chi connectivity index (χ0v) is 17.1. The fraction of sp³-hybridized carbons (Fsp3) is 0.417. The molecule has 154 valence electrons. The Labute approximate surface area is 173 Å². The minimum atomic E-state index is -0.126. The van der Waals surface area contributed by atoms with Gasteiger partial charge in [0.15, 0.2) is 0 Å². The van der Waals surface area contributed by atoms with Crippen LogP contribution in [-0.2, 0) is 22.4 Å². The van der Waals surface area contributed by atoms with Gasteiger partial charge in [0.2, 0.25) is 11.8 Å². The third-order valence-corrected chi connectivity index (χ3v) is 5.42. The number of carbonyl (C=O) groups is 2. The summed E-state index contributed by atoms with van der Waals surface area (Å²) in [6, 6.07) is 18.3. The molecular weight excluding hydrogens is 362 g/mol. The standard InChI is InChI=1S/C24H31N3O2/c1-2-25-12-13-26-23(28)16-21(18-8-4-3-5-9-18)17-24(29)27-22-14-19-10-6-7-11-20(19)15-22/h3-11,21-22,25H,2,12-17H2,1H3,(H,26,28)(H,27,29). The largest absolute Gasteiger partial charge is 0.355 e. The van der Waals surface area contributed by atoms with Gasteiger partial charge in [0.1, 0.15) is 0 Å². The summed E-state index contributed by atoms with van der Waals surface area (Å²) in [5.41, 5.74) is 3.66. The Morgan fingerprint density at radius 3 is 2.17 bits per heavy atom. The van der Waals surface area contributed by atoms with Gasteiger partial charge in [0.25, 0.3) is 0 Å². The summed E-state index contributed by atoms with van der Waals surface area (Å²) in [4.78, 5) is 25.2. The SMILES string of the molecule is CCNCCNC(=O)CC(CC(=O)NC1Cc2ccccc2C1)c1ccccc1. The van der Waals surface area contributed by atoms with Gasteiger partial charge in [-0.3, -0.25) is 9.59 Å². The Morgan fingerprint density at radius 2 is 1.52 bits per heavy atom. The molecule has 0 heterocycles.